The first-order valence-corrected chi connectivity index (χ1v) is 23.0. The molecule has 0 amide bonds. The van der Waals surface area contributed by atoms with E-state index in [2.05, 4.69) is 9.97 Å². The molecule has 0 N–H and O–H groups in total. The molecule has 6 aromatic rings. The van der Waals surface area contributed by atoms with Crippen LogP contribution in [0.15, 0.2) is 105 Å². The average molecular weight is 907 g/mol. The topological polar surface area (TPSA) is 116 Å². The minimum Gasteiger partial charge on any atom is -0.497 e. The first-order valence-electron chi connectivity index (χ1n) is 18.0. The molecule has 2 aliphatic heterocycles. The highest BCUT2D eigenvalue weighted by molar-refractivity contribution is 7.89. The van der Waals surface area contributed by atoms with Crippen LogP contribution >= 0.6 is 34.3 Å². The Bertz CT molecular complexity index is 2600. The van der Waals surface area contributed by atoms with Gasteiger partial charge in [-0.3, -0.25) is 0 Å². The second kappa shape index (κ2) is 17.9. The maximum absolute atomic E-state index is 14.0. The van der Waals surface area contributed by atoms with Crippen LogP contribution in [0.25, 0.3) is 22.5 Å². The lowest BCUT2D eigenvalue weighted by Gasteiger charge is -2.33. The standard InChI is InChI=1S/C20H19F2N3O3S2.C19H16ClF2N3O2S2/c1-28-15-7-5-14(6-8-15)18-13-29-20(23-18)24-9-11-25(12-10-24)30(26,27)19-16(21)3-2-4-17(19)22;20-14-6-4-13(5-7-14)17-12-28-19(23-17)24-8-10-25(11-9-24)29(26,27)18-15(21)2-1-3-16(18)22/h2-8,13H,9-12H2,1H3;1-7,12H,8-11H2. The Morgan fingerprint density at radius 2 is 0.915 bits per heavy atom. The number of hydrogen-bond donors (Lipinski definition) is 0. The lowest BCUT2D eigenvalue weighted by atomic mass is 10.2. The van der Waals surface area contributed by atoms with Gasteiger partial charge in [0, 0.05) is 79.3 Å². The van der Waals surface area contributed by atoms with E-state index in [9.17, 15) is 34.4 Å². The van der Waals surface area contributed by atoms with Gasteiger partial charge in [0.15, 0.2) is 20.1 Å². The van der Waals surface area contributed by atoms with Crippen molar-refractivity contribution in [3.05, 3.63) is 124 Å². The molecule has 0 radical (unpaired) electrons. The van der Waals surface area contributed by atoms with Crippen molar-refractivity contribution in [2.75, 3.05) is 69.3 Å². The van der Waals surface area contributed by atoms with E-state index >= 15 is 0 Å². The maximum Gasteiger partial charge on any atom is 0.249 e. The van der Waals surface area contributed by atoms with Crippen molar-refractivity contribution in [1.82, 2.24) is 18.6 Å². The predicted molar refractivity (Wildman–Crippen MR) is 221 cm³/mol. The number of hydrogen-bond acceptors (Lipinski definition) is 11. The number of sulfonamides is 2. The van der Waals surface area contributed by atoms with Gasteiger partial charge in [-0.05, 0) is 60.7 Å². The minimum atomic E-state index is -4.25. The first-order chi connectivity index (χ1) is 28.3. The van der Waals surface area contributed by atoms with Crippen molar-refractivity contribution in [2.24, 2.45) is 0 Å². The van der Waals surface area contributed by atoms with Crippen LogP contribution < -0.4 is 14.5 Å². The van der Waals surface area contributed by atoms with Gasteiger partial charge in [0.1, 0.15) is 29.0 Å². The predicted octanol–water partition coefficient (Wildman–Crippen LogP) is 7.86. The quantitative estimate of drug-likeness (QED) is 0.134. The summed E-state index contributed by atoms with van der Waals surface area (Å²) in [6.07, 6.45) is 0. The van der Waals surface area contributed by atoms with Crippen molar-refractivity contribution < 1.29 is 39.1 Å². The van der Waals surface area contributed by atoms with Crippen molar-refractivity contribution in [3.63, 3.8) is 0 Å². The molecule has 59 heavy (non-hydrogen) atoms. The Labute approximate surface area is 351 Å². The second-order valence-electron chi connectivity index (χ2n) is 13.1. The number of nitrogens with zero attached hydrogens (tertiary/aromatic N) is 6. The van der Waals surface area contributed by atoms with Gasteiger partial charge in [0.25, 0.3) is 0 Å². The molecule has 2 fully saturated rings. The van der Waals surface area contributed by atoms with Gasteiger partial charge in [-0.2, -0.15) is 8.61 Å². The average Bonchev–Trinajstić information content (AvgIpc) is 3.93. The molecule has 0 atom stereocenters. The van der Waals surface area contributed by atoms with Crippen LogP contribution in [-0.2, 0) is 20.0 Å². The summed E-state index contributed by atoms with van der Waals surface area (Å²) >= 11 is 8.84. The van der Waals surface area contributed by atoms with E-state index in [1.165, 1.54) is 22.7 Å². The number of thiazole rings is 2. The van der Waals surface area contributed by atoms with Gasteiger partial charge in [-0.1, -0.05) is 35.9 Å². The summed E-state index contributed by atoms with van der Waals surface area (Å²) in [5, 5.41) is 6.05. The number of anilines is 2. The third kappa shape index (κ3) is 9.25. The molecule has 0 saturated carbocycles. The molecule has 310 valence electrons. The largest absolute Gasteiger partial charge is 0.497 e. The fourth-order valence-corrected chi connectivity index (χ4v) is 11.4. The van der Waals surface area contributed by atoms with E-state index in [-0.39, 0.29) is 26.2 Å². The van der Waals surface area contributed by atoms with Crippen molar-refractivity contribution in [3.8, 4) is 28.3 Å². The number of piperazine rings is 2. The molecule has 0 aliphatic carbocycles. The Morgan fingerprint density at radius 3 is 1.27 bits per heavy atom. The van der Waals surface area contributed by atoms with Gasteiger partial charge in [0.2, 0.25) is 20.0 Å². The van der Waals surface area contributed by atoms with Crippen molar-refractivity contribution >= 4 is 64.6 Å². The zero-order valence-electron chi connectivity index (χ0n) is 31.1. The van der Waals surface area contributed by atoms with E-state index in [1.54, 1.807) is 19.2 Å². The molecule has 4 aromatic carbocycles. The lowest BCUT2D eigenvalue weighted by molar-refractivity contribution is 0.378. The summed E-state index contributed by atoms with van der Waals surface area (Å²) in [6, 6.07) is 21.0. The zero-order chi connectivity index (χ0) is 41.9. The molecule has 2 aliphatic rings. The number of benzene rings is 4. The number of ether oxygens (including phenoxy) is 1. The molecule has 2 saturated heterocycles. The Hall–Kier alpha value is -4.63. The highest BCUT2D eigenvalue weighted by Crippen LogP contribution is 2.32. The molecule has 2 aromatic heterocycles. The number of aromatic nitrogens is 2. The van der Waals surface area contributed by atoms with Crippen LogP contribution in [0, 0.1) is 23.3 Å². The number of halogens is 5. The molecule has 0 unspecified atom stereocenters. The number of rotatable bonds is 9. The third-order valence-corrected chi connectivity index (χ3v) is 15.5. The first kappa shape index (κ1) is 42.5. The maximum atomic E-state index is 14.0. The summed E-state index contributed by atoms with van der Waals surface area (Å²) in [4.78, 5) is 11.4. The van der Waals surface area contributed by atoms with Crippen LogP contribution in [0.2, 0.25) is 5.02 Å². The summed E-state index contributed by atoms with van der Waals surface area (Å²) in [5.41, 5.74) is 3.52. The monoisotopic (exact) mass is 906 g/mol. The van der Waals surface area contributed by atoms with Crippen LogP contribution in [0.1, 0.15) is 0 Å². The summed E-state index contributed by atoms with van der Waals surface area (Å²) in [7, 11) is -6.88. The fourth-order valence-electron chi connectivity index (χ4n) is 6.42. The van der Waals surface area contributed by atoms with Crippen LogP contribution in [0.4, 0.5) is 27.8 Å². The SMILES string of the molecule is COc1ccc(-c2csc(N3CCN(S(=O)(=O)c4c(F)cccc4F)CC3)n2)cc1.O=S(=O)(c1c(F)cccc1F)N1CCN(c2nc(-c3ccc(Cl)cc3)cs2)CC1. The van der Waals surface area contributed by atoms with E-state index < -0.39 is 53.1 Å². The molecule has 8 rings (SSSR count). The molecule has 11 nitrogen and oxygen atoms in total. The summed E-state index contributed by atoms with van der Waals surface area (Å²) < 4.78 is 114. The minimum absolute atomic E-state index is 0.117. The molecule has 0 bridgehead atoms. The zero-order valence-corrected chi connectivity index (χ0v) is 35.2. The lowest BCUT2D eigenvalue weighted by Crippen LogP contribution is -2.49. The molecule has 0 spiro atoms. The van der Waals surface area contributed by atoms with Crippen LogP contribution in [-0.4, -0.2) is 94.9 Å². The highest BCUT2D eigenvalue weighted by Gasteiger charge is 2.35. The smallest absolute Gasteiger partial charge is 0.249 e. The van der Waals surface area contributed by atoms with Gasteiger partial charge in [0.05, 0.1) is 18.5 Å². The van der Waals surface area contributed by atoms with E-state index in [0.29, 0.717) is 31.2 Å². The van der Waals surface area contributed by atoms with Gasteiger partial charge < -0.3 is 14.5 Å². The molecular weight excluding hydrogens is 872 g/mol. The van der Waals surface area contributed by atoms with Crippen LogP contribution in [0.3, 0.4) is 0 Å². The Kier molecular flexibility index (Phi) is 12.9. The van der Waals surface area contributed by atoms with Gasteiger partial charge in [-0.25, -0.2) is 44.4 Å². The van der Waals surface area contributed by atoms with E-state index in [0.717, 1.165) is 83.5 Å². The molecule has 20 heteroatoms. The second-order valence-corrected chi connectivity index (χ2v) is 19.0. The van der Waals surface area contributed by atoms with Crippen molar-refractivity contribution in [1.29, 1.82) is 0 Å². The van der Waals surface area contributed by atoms with E-state index in [1.807, 2.05) is 57.0 Å². The van der Waals surface area contributed by atoms with E-state index in [4.69, 9.17) is 16.3 Å². The Balaban J connectivity index is 0.000000179. The third-order valence-electron chi connectivity index (χ3n) is 9.56. The normalized spacial score (nSPS) is 15.5. The molecule has 4 heterocycles. The van der Waals surface area contributed by atoms with Crippen molar-refractivity contribution in [2.45, 2.75) is 9.79 Å². The summed E-state index contributed by atoms with van der Waals surface area (Å²) in [6.45, 7) is 1.99. The van der Waals surface area contributed by atoms with Gasteiger partial charge >= 0.3 is 0 Å². The Morgan fingerprint density at radius 1 is 0.559 bits per heavy atom. The fraction of sp³-hybridized carbons (Fsp3) is 0.231. The highest BCUT2D eigenvalue weighted by atomic mass is 35.5. The number of methoxy groups -OCH3 is 1. The van der Waals surface area contributed by atoms with Gasteiger partial charge in [-0.15, -0.1) is 22.7 Å². The van der Waals surface area contributed by atoms with Crippen LogP contribution in [0.5, 0.6) is 5.75 Å². The molecular formula is C39H35ClF4N6O5S4. The summed E-state index contributed by atoms with van der Waals surface area (Å²) in [5.74, 6) is -3.57.